The van der Waals surface area contributed by atoms with Crippen molar-refractivity contribution in [3.63, 3.8) is 0 Å². The van der Waals surface area contributed by atoms with Crippen LogP contribution in [-0.4, -0.2) is 54.5 Å². The van der Waals surface area contributed by atoms with E-state index >= 15 is 0 Å². The number of piperazine rings is 1. The van der Waals surface area contributed by atoms with Gasteiger partial charge in [-0.15, -0.1) is 0 Å². The molecule has 1 fully saturated rings. The monoisotopic (exact) mass is 252 g/mol. The summed E-state index contributed by atoms with van der Waals surface area (Å²) in [6.45, 7) is 6.10. The van der Waals surface area contributed by atoms with Gasteiger partial charge in [0.25, 0.3) is 0 Å². The van der Waals surface area contributed by atoms with Gasteiger partial charge in [0.2, 0.25) is 5.91 Å². The van der Waals surface area contributed by atoms with E-state index < -0.39 is 0 Å². The van der Waals surface area contributed by atoms with Gasteiger partial charge in [0.1, 0.15) is 0 Å². The zero-order valence-electron chi connectivity index (χ0n) is 11.3. The third-order valence-corrected chi connectivity index (χ3v) is 3.41. The van der Waals surface area contributed by atoms with Gasteiger partial charge in [-0.1, -0.05) is 19.8 Å². The van der Waals surface area contributed by atoms with E-state index in [0.29, 0.717) is 6.42 Å². The summed E-state index contributed by atoms with van der Waals surface area (Å²) in [7, 11) is 0. The number of rotatable bonds is 6. The van der Waals surface area contributed by atoms with Gasteiger partial charge < -0.3 is 10.6 Å². The van der Waals surface area contributed by atoms with Gasteiger partial charge >= 0.3 is 0 Å². The Hall–Kier alpha value is -1.12. The number of nitrogens with zero attached hydrogens (tertiary/aromatic N) is 3. The fourth-order valence-corrected chi connectivity index (χ4v) is 2.18. The SMILES string of the molecule is CCCCC(N)C(=O)N1CCN(CCC#N)CC1. The molecule has 1 heterocycles. The lowest BCUT2D eigenvalue weighted by molar-refractivity contribution is -0.134. The second-order valence-electron chi connectivity index (χ2n) is 4.82. The summed E-state index contributed by atoms with van der Waals surface area (Å²) in [6, 6.07) is 1.81. The van der Waals surface area contributed by atoms with Gasteiger partial charge in [-0.25, -0.2) is 0 Å². The summed E-state index contributed by atoms with van der Waals surface area (Å²) < 4.78 is 0. The zero-order chi connectivity index (χ0) is 13.4. The Labute approximate surface area is 110 Å². The number of nitrogens with two attached hydrogens (primary N) is 1. The number of carbonyl (C=O) groups is 1. The Bertz CT molecular complexity index is 292. The van der Waals surface area contributed by atoms with Crippen molar-refractivity contribution >= 4 is 5.91 Å². The van der Waals surface area contributed by atoms with Crippen molar-refractivity contribution in [2.24, 2.45) is 5.73 Å². The second-order valence-corrected chi connectivity index (χ2v) is 4.82. The number of hydrogen-bond donors (Lipinski definition) is 1. The maximum atomic E-state index is 12.1. The smallest absolute Gasteiger partial charge is 0.239 e. The van der Waals surface area contributed by atoms with Crippen molar-refractivity contribution in [2.45, 2.75) is 38.6 Å². The summed E-state index contributed by atoms with van der Waals surface area (Å²) in [4.78, 5) is 16.1. The van der Waals surface area contributed by atoms with E-state index in [4.69, 9.17) is 11.0 Å². The third-order valence-electron chi connectivity index (χ3n) is 3.41. The maximum absolute atomic E-state index is 12.1. The molecule has 1 amide bonds. The standard InChI is InChI=1S/C13H24N4O/c1-2-3-5-12(15)13(18)17-10-8-16(9-11-17)7-4-6-14/h12H,2-5,7-11,15H2,1H3. The number of nitriles is 1. The van der Waals surface area contributed by atoms with Crippen LogP contribution >= 0.6 is 0 Å². The first-order chi connectivity index (χ1) is 8.69. The number of unbranched alkanes of at least 4 members (excludes halogenated alkanes) is 1. The molecule has 102 valence electrons. The molecule has 0 saturated carbocycles. The molecule has 1 unspecified atom stereocenters. The van der Waals surface area contributed by atoms with Gasteiger partial charge in [-0.05, 0) is 6.42 Å². The average molecular weight is 252 g/mol. The minimum Gasteiger partial charge on any atom is -0.339 e. The average Bonchev–Trinajstić information content (AvgIpc) is 2.42. The number of hydrogen-bond acceptors (Lipinski definition) is 4. The highest BCUT2D eigenvalue weighted by molar-refractivity contribution is 5.81. The molecule has 1 aliphatic heterocycles. The van der Waals surface area contributed by atoms with Crippen LogP contribution in [-0.2, 0) is 4.79 Å². The molecular formula is C13H24N4O. The molecule has 0 aromatic rings. The largest absolute Gasteiger partial charge is 0.339 e. The van der Waals surface area contributed by atoms with E-state index in [1.165, 1.54) is 0 Å². The highest BCUT2D eigenvalue weighted by Crippen LogP contribution is 2.07. The van der Waals surface area contributed by atoms with Gasteiger partial charge in [0.05, 0.1) is 12.1 Å². The van der Waals surface area contributed by atoms with Crippen LogP contribution in [0.1, 0.15) is 32.6 Å². The molecule has 1 saturated heterocycles. The van der Waals surface area contributed by atoms with Crippen LogP contribution in [0.3, 0.4) is 0 Å². The van der Waals surface area contributed by atoms with Crippen molar-refractivity contribution in [3.05, 3.63) is 0 Å². The van der Waals surface area contributed by atoms with Crippen LogP contribution in [0.25, 0.3) is 0 Å². The van der Waals surface area contributed by atoms with E-state index in [1.54, 1.807) is 0 Å². The van der Waals surface area contributed by atoms with Crippen LogP contribution in [0.2, 0.25) is 0 Å². The van der Waals surface area contributed by atoms with Crippen LogP contribution in [0.15, 0.2) is 0 Å². The Balaban J connectivity index is 2.29. The molecule has 1 atom stereocenters. The van der Waals surface area contributed by atoms with E-state index in [0.717, 1.165) is 52.0 Å². The molecular weight excluding hydrogens is 228 g/mol. The summed E-state index contributed by atoms with van der Waals surface area (Å²) in [5.41, 5.74) is 5.90. The molecule has 0 spiro atoms. The molecule has 1 rings (SSSR count). The normalized spacial score (nSPS) is 18.4. The van der Waals surface area contributed by atoms with Crippen LogP contribution < -0.4 is 5.73 Å². The minimum atomic E-state index is -0.337. The zero-order valence-corrected chi connectivity index (χ0v) is 11.3. The van der Waals surface area contributed by atoms with Gasteiger partial charge in [-0.3, -0.25) is 9.69 Å². The van der Waals surface area contributed by atoms with E-state index in [9.17, 15) is 4.79 Å². The topological polar surface area (TPSA) is 73.4 Å². The van der Waals surface area contributed by atoms with E-state index in [1.807, 2.05) is 4.90 Å². The van der Waals surface area contributed by atoms with Crippen LogP contribution in [0.5, 0.6) is 0 Å². The lowest BCUT2D eigenvalue weighted by Gasteiger charge is -2.35. The molecule has 18 heavy (non-hydrogen) atoms. The third kappa shape index (κ3) is 4.63. The summed E-state index contributed by atoms with van der Waals surface area (Å²) in [6.07, 6.45) is 3.42. The molecule has 0 radical (unpaired) electrons. The van der Waals surface area contributed by atoms with Crippen LogP contribution in [0, 0.1) is 11.3 Å². The Morgan fingerprint density at radius 3 is 2.61 bits per heavy atom. The van der Waals surface area contributed by atoms with Gasteiger partial charge in [0.15, 0.2) is 0 Å². The highest BCUT2D eigenvalue weighted by atomic mass is 16.2. The summed E-state index contributed by atoms with van der Waals surface area (Å²) >= 11 is 0. The molecule has 0 bridgehead atoms. The lowest BCUT2D eigenvalue weighted by Crippen LogP contribution is -2.53. The first kappa shape index (κ1) is 14.9. The Morgan fingerprint density at radius 1 is 1.39 bits per heavy atom. The van der Waals surface area contributed by atoms with E-state index in [2.05, 4.69) is 17.9 Å². The van der Waals surface area contributed by atoms with Gasteiger partial charge in [-0.2, -0.15) is 5.26 Å². The molecule has 1 aliphatic rings. The summed E-state index contributed by atoms with van der Waals surface area (Å²) in [5, 5.41) is 8.53. The van der Waals surface area contributed by atoms with Crippen molar-refractivity contribution in [3.8, 4) is 6.07 Å². The fourth-order valence-electron chi connectivity index (χ4n) is 2.18. The van der Waals surface area contributed by atoms with Crippen molar-refractivity contribution < 1.29 is 4.79 Å². The molecule has 0 aromatic heterocycles. The summed E-state index contributed by atoms with van der Waals surface area (Å²) in [5.74, 6) is 0.0865. The molecule has 2 N–H and O–H groups in total. The minimum absolute atomic E-state index is 0.0865. The molecule has 0 aliphatic carbocycles. The Morgan fingerprint density at radius 2 is 2.06 bits per heavy atom. The van der Waals surface area contributed by atoms with E-state index in [-0.39, 0.29) is 11.9 Å². The second kappa shape index (κ2) is 8.06. The predicted octanol–water partition coefficient (Wildman–Crippen LogP) is 0.562. The Kier molecular flexibility index (Phi) is 6.69. The maximum Gasteiger partial charge on any atom is 0.239 e. The lowest BCUT2D eigenvalue weighted by atomic mass is 10.1. The first-order valence-corrected chi connectivity index (χ1v) is 6.82. The van der Waals surface area contributed by atoms with Crippen LogP contribution in [0.4, 0.5) is 0 Å². The number of amides is 1. The molecule has 5 nitrogen and oxygen atoms in total. The van der Waals surface area contributed by atoms with Gasteiger partial charge in [0, 0.05) is 39.1 Å². The molecule has 0 aromatic carbocycles. The first-order valence-electron chi connectivity index (χ1n) is 6.82. The van der Waals surface area contributed by atoms with Crippen molar-refractivity contribution in [2.75, 3.05) is 32.7 Å². The van der Waals surface area contributed by atoms with Crippen molar-refractivity contribution in [1.29, 1.82) is 5.26 Å². The number of carbonyl (C=O) groups excluding carboxylic acids is 1. The quantitative estimate of drug-likeness (QED) is 0.749. The fraction of sp³-hybridized carbons (Fsp3) is 0.846. The molecule has 5 heteroatoms. The highest BCUT2D eigenvalue weighted by Gasteiger charge is 2.24. The van der Waals surface area contributed by atoms with Crippen molar-refractivity contribution in [1.82, 2.24) is 9.80 Å². The predicted molar refractivity (Wildman–Crippen MR) is 70.8 cm³/mol.